The number of esters is 1. The summed E-state index contributed by atoms with van der Waals surface area (Å²) < 4.78 is 29.3. The fourth-order valence-electron chi connectivity index (χ4n) is 5.01. The number of aliphatic carboxylic acids is 2. The van der Waals surface area contributed by atoms with Crippen molar-refractivity contribution in [1.82, 2.24) is 19.5 Å². The number of fused-ring (bicyclic) bond motifs is 1. The number of alkyl halides is 1. The Kier molecular flexibility index (Phi) is 6.72. The van der Waals surface area contributed by atoms with Crippen LogP contribution in [0.2, 0.25) is 0 Å². The van der Waals surface area contributed by atoms with Crippen molar-refractivity contribution in [2.24, 2.45) is 28.1 Å². The van der Waals surface area contributed by atoms with Crippen LogP contribution in [0, 0.1) is 40.4 Å². The highest BCUT2D eigenvalue weighted by Crippen LogP contribution is 2.67. The summed E-state index contributed by atoms with van der Waals surface area (Å²) in [4.78, 5) is 49.5. The molecule has 4 N–H and O–H groups in total. The zero-order valence-corrected chi connectivity index (χ0v) is 21.4. The van der Waals surface area contributed by atoms with Crippen molar-refractivity contribution in [3.8, 4) is 12.3 Å². The molecule has 37 heavy (non-hydrogen) atoms. The molecule has 0 radical (unpaired) electrons. The molecule has 2 aromatic heterocycles. The van der Waals surface area contributed by atoms with Crippen molar-refractivity contribution < 1.29 is 38.5 Å². The third kappa shape index (κ3) is 3.96. The normalized spacial score (nSPS) is 26.2. The van der Waals surface area contributed by atoms with E-state index in [0.29, 0.717) is 0 Å². The summed E-state index contributed by atoms with van der Waals surface area (Å²) in [6, 6.07) is 0. The van der Waals surface area contributed by atoms with Crippen LogP contribution in [-0.2, 0) is 23.9 Å². The van der Waals surface area contributed by atoms with Crippen molar-refractivity contribution in [3.63, 3.8) is 0 Å². The summed E-state index contributed by atoms with van der Waals surface area (Å²) in [5.74, 6) is -6.78. The zero-order chi connectivity index (χ0) is 28.1. The number of carbonyl (C=O) groups is 3. The number of aromatic nitrogens is 4. The number of terminal acetylenes is 1. The third-order valence-corrected chi connectivity index (χ3v) is 7.19. The zero-order valence-electron chi connectivity index (χ0n) is 21.4. The van der Waals surface area contributed by atoms with Gasteiger partial charge in [0, 0.05) is 0 Å². The number of nitrogens with two attached hydrogens (primary N) is 1. The van der Waals surface area contributed by atoms with Gasteiger partial charge < -0.3 is 25.4 Å². The maximum atomic E-state index is 17.1. The van der Waals surface area contributed by atoms with E-state index in [9.17, 15) is 24.6 Å². The van der Waals surface area contributed by atoms with Gasteiger partial charge in [-0.15, -0.1) is 6.42 Å². The predicted octanol–water partition coefficient (Wildman–Crippen LogP) is 2.26. The van der Waals surface area contributed by atoms with E-state index in [-0.39, 0.29) is 17.0 Å². The van der Waals surface area contributed by atoms with E-state index in [1.807, 2.05) is 0 Å². The third-order valence-electron chi connectivity index (χ3n) is 7.19. The smallest absolute Gasteiger partial charge is 0.310 e. The van der Waals surface area contributed by atoms with Crippen LogP contribution in [0.25, 0.3) is 11.2 Å². The van der Waals surface area contributed by atoms with Gasteiger partial charge >= 0.3 is 17.9 Å². The molecule has 3 heterocycles. The highest BCUT2D eigenvalue weighted by atomic mass is 19.2. The molecule has 1 saturated heterocycles. The number of ether oxygens (including phenoxy) is 2. The maximum Gasteiger partial charge on any atom is 0.310 e. The lowest BCUT2D eigenvalue weighted by atomic mass is 9.51. The van der Waals surface area contributed by atoms with Crippen LogP contribution < -0.4 is 5.73 Å². The predicted molar refractivity (Wildman–Crippen MR) is 127 cm³/mol. The Morgan fingerprint density at radius 1 is 1.24 bits per heavy atom. The number of nitrogen functional groups attached to an aromatic ring is 1. The lowest BCUT2D eigenvalue weighted by Crippen LogP contribution is -2.58. The fraction of sp³-hybridized carbons (Fsp3) is 0.583. The largest absolute Gasteiger partial charge is 0.481 e. The van der Waals surface area contributed by atoms with Crippen molar-refractivity contribution >= 4 is 34.9 Å². The van der Waals surface area contributed by atoms with E-state index in [1.165, 1.54) is 52.4 Å². The number of nitrogens with zero attached hydrogens (tertiary/aromatic N) is 4. The Hall–Kier alpha value is -3.79. The Balaban J connectivity index is 2.41. The van der Waals surface area contributed by atoms with Crippen LogP contribution in [0.4, 0.5) is 10.2 Å². The molecular formula is C24H30FN5O7. The van der Waals surface area contributed by atoms with Crippen molar-refractivity contribution in [3.05, 3.63) is 12.7 Å². The lowest BCUT2D eigenvalue weighted by molar-refractivity contribution is -0.219. The first-order chi connectivity index (χ1) is 17.0. The molecule has 12 nitrogen and oxygen atoms in total. The van der Waals surface area contributed by atoms with E-state index in [2.05, 4.69) is 20.9 Å². The molecule has 1 fully saturated rings. The van der Waals surface area contributed by atoms with E-state index in [1.54, 1.807) is 0 Å². The monoisotopic (exact) mass is 519 g/mol. The van der Waals surface area contributed by atoms with Crippen molar-refractivity contribution in [1.29, 1.82) is 0 Å². The average molecular weight is 520 g/mol. The van der Waals surface area contributed by atoms with E-state index in [4.69, 9.17) is 21.6 Å². The lowest BCUT2D eigenvalue weighted by Gasteiger charge is -2.48. The van der Waals surface area contributed by atoms with Crippen molar-refractivity contribution in [2.45, 2.75) is 53.6 Å². The van der Waals surface area contributed by atoms with Crippen LogP contribution >= 0.6 is 0 Å². The first kappa shape index (κ1) is 27.8. The topological polar surface area (TPSA) is 180 Å². The molecule has 0 aromatic carbocycles. The molecule has 0 saturated carbocycles. The highest BCUT2D eigenvalue weighted by molar-refractivity contribution is 5.82. The minimum absolute atomic E-state index is 0.00894. The summed E-state index contributed by atoms with van der Waals surface area (Å²) >= 11 is 0. The molecule has 2 aromatic rings. The SMILES string of the molecule is C#C[C@@]1(C(C)(C)C(=O)O)[C@@H](C(C)(C)C(=O)O)[C@](F)(COC(=O)C(C)C)O[C@H]1n1cnc2c(N)ncnc21. The molecule has 0 spiro atoms. The minimum atomic E-state index is -3.04. The molecule has 0 bridgehead atoms. The van der Waals surface area contributed by atoms with Crippen LogP contribution in [0.15, 0.2) is 12.7 Å². The molecule has 4 atom stereocenters. The minimum Gasteiger partial charge on any atom is -0.481 e. The van der Waals surface area contributed by atoms with Gasteiger partial charge in [-0.2, -0.15) is 0 Å². The van der Waals surface area contributed by atoms with Gasteiger partial charge in [0.05, 0.1) is 29.0 Å². The molecule has 0 unspecified atom stereocenters. The summed E-state index contributed by atoms with van der Waals surface area (Å²) in [7, 11) is 0. The van der Waals surface area contributed by atoms with E-state index >= 15 is 4.39 Å². The number of rotatable bonds is 8. The molecule has 200 valence electrons. The second-order valence-electron chi connectivity index (χ2n) is 10.5. The maximum absolute atomic E-state index is 17.1. The number of carboxylic acid groups (broad SMARTS) is 2. The van der Waals surface area contributed by atoms with Gasteiger partial charge in [-0.1, -0.05) is 19.8 Å². The molecule has 1 aliphatic rings. The molecule has 0 aliphatic carbocycles. The summed E-state index contributed by atoms with van der Waals surface area (Å²) in [6.07, 6.45) is 6.67. The molecule has 3 rings (SSSR count). The fourth-order valence-corrected chi connectivity index (χ4v) is 5.01. The van der Waals surface area contributed by atoms with Gasteiger partial charge in [-0.05, 0) is 27.7 Å². The van der Waals surface area contributed by atoms with Gasteiger partial charge in [0.1, 0.15) is 17.3 Å². The number of halogens is 1. The highest BCUT2D eigenvalue weighted by Gasteiger charge is 2.76. The number of imidazole rings is 1. The molecule has 0 amide bonds. The Bertz CT molecular complexity index is 1300. The number of carboxylic acids is 2. The van der Waals surface area contributed by atoms with Crippen molar-refractivity contribution in [2.75, 3.05) is 12.3 Å². The van der Waals surface area contributed by atoms with Crippen LogP contribution in [0.5, 0.6) is 0 Å². The Morgan fingerprint density at radius 2 is 1.86 bits per heavy atom. The average Bonchev–Trinajstić information content (AvgIpc) is 3.35. The molecular weight excluding hydrogens is 489 g/mol. The summed E-state index contributed by atoms with van der Waals surface area (Å²) in [5, 5.41) is 20.4. The van der Waals surface area contributed by atoms with E-state index in [0.717, 1.165) is 6.33 Å². The number of carbonyl (C=O) groups excluding carboxylic acids is 1. The molecule has 13 heteroatoms. The van der Waals surface area contributed by atoms with Gasteiger partial charge in [-0.3, -0.25) is 19.0 Å². The van der Waals surface area contributed by atoms with Gasteiger partial charge in [-0.25, -0.2) is 19.3 Å². The first-order valence-electron chi connectivity index (χ1n) is 11.4. The quantitative estimate of drug-likeness (QED) is 0.344. The Labute approximate surface area is 212 Å². The second kappa shape index (κ2) is 8.95. The second-order valence-corrected chi connectivity index (χ2v) is 10.5. The first-order valence-corrected chi connectivity index (χ1v) is 11.4. The molecule has 1 aliphatic heterocycles. The number of anilines is 1. The number of hydrogen-bond acceptors (Lipinski definition) is 9. The van der Waals surface area contributed by atoms with Gasteiger partial charge in [0.25, 0.3) is 5.85 Å². The standard InChI is InChI=1S/C24H30FN5O7/c1-8-23(22(6,7)20(34)35)17(21(4,5)19(32)33)24(25,9-36-16(31)12(2)3)37-18(23)30-11-29-13-14(26)27-10-28-15(13)30/h1,10-12,17-18H,9H2,2-7H3,(H,32,33)(H,34,35)(H2,26,27,28)/t17-,18-,23-,24+/m1/s1. The van der Waals surface area contributed by atoms with Gasteiger partial charge in [0.15, 0.2) is 24.3 Å². The van der Waals surface area contributed by atoms with Crippen LogP contribution in [-0.4, -0.2) is 60.1 Å². The summed E-state index contributed by atoms with van der Waals surface area (Å²) in [5.41, 5.74) is -0.143. The summed E-state index contributed by atoms with van der Waals surface area (Å²) in [6.45, 7) is 6.96. The van der Waals surface area contributed by atoms with Crippen LogP contribution in [0.1, 0.15) is 47.8 Å². The Morgan fingerprint density at radius 3 is 2.38 bits per heavy atom. The van der Waals surface area contributed by atoms with Crippen LogP contribution in [0.3, 0.4) is 0 Å². The van der Waals surface area contributed by atoms with E-state index < -0.39 is 64.7 Å². The van der Waals surface area contributed by atoms with Gasteiger partial charge in [0.2, 0.25) is 0 Å². The number of hydrogen-bond donors (Lipinski definition) is 3.